The number of ether oxygens (including phenoxy) is 1. The number of hydrogen-bond acceptors (Lipinski definition) is 4. The Bertz CT molecular complexity index is 1060. The summed E-state index contributed by atoms with van der Waals surface area (Å²) in [6.07, 6.45) is 3.57. The Labute approximate surface area is 187 Å². The molecule has 1 aromatic heterocycles. The molecule has 0 atom stereocenters. The summed E-state index contributed by atoms with van der Waals surface area (Å²) < 4.78 is 5.49. The second-order valence-electron chi connectivity index (χ2n) is 7.28. The fourth-order valence-electron chi connectivity index (χ4n) is 3.69. The highest BCUT2D eigenvalue weighted by molar-refractivity contribution is 6.30. The molecule has 1 saturated heterocycles. The number of halogens is 1. The molecular weight excluding hydrogens is 410 g/mol. The lowest BCUT2D eigenvalue weighted by atomic mass is 10.0. The first-order valence-electron chi connectivity index (χ1n) is 10.2. The van der Waals surface area contributed by atoms with E-state index in [-0.39, 0.29) is 5.91 Å². The maximum atomic E-state index is 13.6. The van der Waals surface area contributed by atoms with Crippen LogP contribution in [0.25, 0.3) is 11.6 Å². The van der Waals surface area contributed by atoms with E-state index in [4.69, 9.17) is 16.3 Å². The van der Waals surface area contributed by atoms with E-state index in [0.717, 1.165) is 35.8 Å². The zero-order valence-electron chi connectivity index (χ0n) is 17.4. The van der Waals surface area contributed by atoms with Crippen molar-refractivity contribution in [1.82, 2.24) is 9.88 Å². The number of para-hydroxylation sites is 1. The van der Waals surface area contributed by atoms with Crippen molar-refractivity contribution < 1.29 is 9.53 Å². The van der Waals surface area contributed by atoms with Gasteiger partial charge < -0.3 is 14.5 Å². The molecule has 1 amide bonds. The first-order chi connectivity index (χ1) is 15.2. The molecule has 5 nitrogen and oxygen atoms in total. The number of methoxy groups -OCH3 is 1. The normalized spacial score (nSPS) is 14.5. The van der Waals surface area contributed by atoms with Crippen LogP contribution in [0.4, 0.5) is 5.82 Å². The monoisotopic (exact) mass is 433 g/mol. The van der Waals surface area contributed by atoms with Gasteiger partial charge in [0.2, 0.25) is 0 Å². The number of piperazine rings is 1. The standard InChI is InChI=1S/C25H24ClN3O2/c1-31-23-10-6-5-9-20(23)17-22(19-7-3-2-4-8-19)25(30)29-15-13-28(14-16-29)24-12-11-21(26)18-27-24/h2-12,17-18H,13-16H2,1H3/b22-17+. The highest BCUT2D eigenvalue weighted by Gasteiger charge is 2.25. The average Bonchev–Trinajstić information content (AvgIpc) is 2.83. The fourth-order valence-corrected chi connectivity index (χ4v) is 3.80. The van der Waals surface area contributed by atoms with Gasteiger partial charge in [0.25, 0.3) is 5.91 Å². The van der Waals surface area contributed by atoms with Crippen LogP contribution in [0.5, 0.6) is 5.75 Å². The first-order valence-corrected chi connectivity index (χ1v) is 10.6. The van der Waals surface area contributed by atoms with E-state index in [1.54, 1.807) is 13.3 Å². The molecule has 1 aliphatic heterocycles. The topological polar surface area (TPSA) is 45.7 Å². The van der Waals surface area contributed by atoms with E-state index in [9.17, 15) is 4.79 Å². The van der Waals surface area contributed by atoms with Crippen molar-refractivity contribution in [3.63, 3.8) is 0 Å². The number of pyridine rings is 1. The van der Waals surface area contributed by atoms with Crippen LogP contribution < -0.4 is 9.64 Å². The Morgan fingerprint density at radius 3 is 2.35 bits per heavy atom. The van der Waals surface area contributed by atoms with Crippen molar-refractivity contribution >= 4 is 35.0 Å². The maximum absolute atomic E-state index is 13.6. The Morgan fingerprint density at radius 2 is 1.68 bits per heavy atom. The van der Waals surface area contributed by atoms with E-state index in [1.165, 1.54) is 0 Å². The minimum atomic E-state index is 0.0146. The molecule has 0 saturated carbocycles. The van der Waals surface area contributed by atoms with Crippen molar-refractivity contribution in [2.45, 2.75) is 0 Å². The molecule has 1 aliphatic rings. The van der Waals surface area contributed by atoms with Gasteiger partial charge in [0.15, 0.2) is 0 Å². The molecule has 3 aromatic rings. The minimum absolute atomic E-state index is 0.0146. The summed E-state index contributed by atoms with van der Waals surface area (Å²) in [5.74, 6) is 1.63. The lowest BCUT2D eigenvalue weighted by Gasteiger charge is -2.36. The molecule has 0 unspecified atom stereocenters. The summed E-state index contributed by atoms with van der Waals surface area (Å²) in [6, 6.07) is 21.2. The molecule has 0 N–H and O–H groups in total. The summed E-state index contributed by atoms with van der Waals surface area (Å²) in [7, 11) is 1.64. The maximum Gasteiger partial charge on any atom is 0.254 e. The van der Waals surface area contributed by atoms with Crippen molar-refractivity contribution in [2.24, 2.45) is 0 Å². The quantitative estimate of drug-likeness (QED) is 0.434. The van der Waals surface area contributed by atoms with Gasteiger partial charge in [0.1, 0.15) is 11.6 Å². The van der Waals surface area contributed by atoms with Gasteiger partial charge in [-0.2, -0.15) is 0 Å². The summed E-state index contributed by atoms with van der Waals surface area (Å²) in [4.78, 5) is 22.0. The van der Waals surface area contributed by atoms with Gasteiger partial charge in [-0.05, 0) is 29.8 Å². The third kappa shape index (κ3) is 4.89. The summed E-state index contributed by atoms with van der Waals surface area (Å²) in [6.45, 7) is 2.69. The van der Waals surface area contributed by atoms with Gasteiger partial charge in [-0.15, -0.1) is 0 Å². The Hall–Kier alpha value is -3.31. The van der Waals surface area contributed by atoms with Gasteiger partial charge in [0, 0.05) is 43.5 Å². The highest BCUT2D eigenvalue weighted by Crippen LogP contribution is 2.27. The molecule has 1 fully saturated rings. The molecule has 31 heavy (non-hydrogen) atoms. The van der Waals surface area contributed by atoms with Crippen molar-refractivity contribution in [1.29, 1.82) is 0 Å². The van der Waals surface area contributed by atoms with Gasteiger partial charge in [-0.1, -0.05) is 60.1 Å². The van der Waals surface area contributed by atoms with Crippen LogP contribution in [-0.2, 0) is 4.79 Å². The summed E-state index contributed by atoms with van der Waals surface area (Å²) in [5.41, 5.74) is 2.42. The van der Waals surface area contributed by atoms with Gasteiger partial charge >= 0.3 is 0 Å². The third-order valence-corrected chi connectivity index (χ3v) is 5.58. The molecule has 4 rings (SSSR count). The van der Waals surface area contributed by atoms with Crippen LogP contribution in [-0.4, -0.2) is 49.1 Å². The SMILES string of the molecule is COc1ccccc1/C=C(/C(=O)N1CCN(c2ccc(Cl)cn2)CC1)c1ccccc1. The van der Waals surface area contributed by atoms with Crippen LogP contribution in [0.3, 0.4) is 0 Å². The Kier molecular flexibility index (Phi) is 6.53. The van der Waals surface area contributed by atoms with E-state index in [1.807, 2.05) is 77.7 Å². The number of aromatic nitrogens is 1. The van der Waals surface area contributed by atoms with Crippen LogP contribution in [0.15, 0.2) is 72.9 Å². The number of anilines is 1. The molecular formula is C25H24ClN3O2. The van der Waals surface area contributed by atoms with Crippen molar-refractivity contribution in [3.05, 3.63) is 89.1 Å². The smallest absolute Gasteiger partial charge is 0.254 e. The zero-order chi connectivity index (χ0) is 21.6. The zero-order valence-corrected chi connectivity index (χ0v) is 18.1. The molecule has 0 aliphatic carbocycles. The van der Waals surface area contributed by atoms with E-state index in [0.29, 0.717) is 23.7 Å². The number of hydrogen-bond donors (Lipinski definition) is 0. The van der Waals surface area contributed by atoms with E-state index >= 15 is 0 Å². The predicted octanol–water partition coefficient (Wildman–Crippen LogP) is 4.63. The van der Waals surface area contributed by atoms with Gasteiger partial charge in [-0.25, -0.2) is 4.98 Å². The molecule has 0 bridgehead atoms. The van der Waals surface area contributed by atoms with Crippen LogP contribution in [0.1, 0.15) is 11.1 Å². The van der Waals surface area contributed by atoms with Crippen LogP contribution in [0, 0.1) is 0 Å². The lowest BCUT2D eigenvalue weighted by molar-refractivity contribution is -0.125. The number of rotatable bonds is 5. The van der Waals surface area contributed by atoms with Crippen LogP contribution >= 0.6 is 11.6 Å². The fraction of sp³-hybridized carbons (Fsp3) is 0.200. The second kappa shape index (κ2) is 9.67. The largest absolute Gasteiger partial charge is 0.496 e. The first kappa shape index (κ1) is 20.9. The van der Waals surface area contributed by atoms with Crippen LogP contribution in [0.2, 0.25) is 5.02 Å². The van der Waals surface area contributed by atoms with Gasteiger partial charge in [0.05, 0.1) is 12.1 Å². The lowest BCUT2D eigenvalue weighted by Crippen LogP contribution is -2.49. The number of carbonyl (C=O) groups is 1. The Morgan fingerprint density at radius 1 is 0.968 bits per heavy atom. The predicted molar refractivity (Wildman–Crippen MR) is 125 cm³/mol. The third-order valence-electron chi connectivity index (χ3n) is 5.36. The number of benzene rings is 2. The number of nitrogens with zero attached hydrogens (tertiary/aromatic N) is 3. The minimum Gasteiger partial charge on any atom is -0.496 e. The molecule has 0 radical (unpaired) electrons. The van der Waals surface area contributed by atoms with Crippen molar-refractivity contribution in [2.75, 3.05) is 38.2 Å². The molecule has 0 spiro atoms. The molecule has 158 valence electrons. The molecule has 2 aromatic carbocycles. The summed E-state index contributed by atoms with van der Waals surface area (Å²) >= 11 is 5.95. The van der Waals surface area contributed by atoms with Crippen molar-refractivity contribution in [3.8, 4) is 5.75 Å². The Balaban J connectivity index is 1.57. The molecule has 2 heterocycles. The van der Waals surface area contributed by atoms with Gasteiger partial charge in [-0.3, -0.25) is 4.79 Å². The molecule has 6 heteroatoms. The second-order valence-corrected chi connectivity index (χ2v) is 7.72. The summed E-state index contributed by atoms with van der Waals surface area (Å²) in [5, 5.41) is 0.617. The van der Waals surface area contributed by atoms with E-state index in [2.05, 4.69) is 9.88 Å². The highest BCUT2D eigenvalue weighted by atomic mass is 35.5. The number of amides is 1. The number of carbonyl (C=O) groups excluding carboxylic acids is 1. The van der Waals surface area contributed by atoms with E-state index < -0.39 is 0 Å². The average molecular weight is 434 g/mol.